The molecule has 0 fully saturated rings. The summed E-state index contributed by atoms with van der Waals surface area (Å²) in [7, 11) is -0.646. The smallest absolute Gasteiger partial charge is 0.241 e. The Balaban J connectivity index is 3.16. The van der Waals surface area contributed by atoms with E-state index in [2.05, 4.69) is 4.72 Å². The highest BCUT2D eigenvalue weighted by atomic mass is 32.2. The molecule has 0 heterocycles. The fourth-order valence-electron chi connectivity index (χ4n) is 1.87. The summed E-state index contributed by atoms with van der Waals surface area (Å²) < 4.78 is 27.1. The summed E-state index contributed by atoms with van der Waals surface area (Å²) in [6.45, 7) is 4.92. The fraction of sp³-hybridized carbons (Fsp3) is 0.462. The van der Waals surface area contributed by atoms with Crippen molar-refractivity contribution in [1.82, 2.24) is 9.62 Å². The molecule has 0 saturated heterocycles. The van der Waals surface area contributed by atoms with Crippen LogP contribution in [0.3, 0.4) is 0 Å². The molecule has 1 unspecified atom stereocenters. The van der Waals surface area contributed by atoms with Crippen molar-refractivity contribution in [2.24, 2.45) is 0 Å². The second-order valence-corrected chi connectivity index (χ2v) is 6.74. The van der Waals surface area contributed by atoms with E-state index in [0.717, 1.165) is 5.56 Å². The van der Waals surface area contributed by atoms with E-state index in [1.165, 1.54) is 11.8 Å². The minimum Gasteiger partial charge on any atom is -0.398 e. The Morgan fingerprint density at radius 1 is 1.30 bits per heavy atom. The summed E-state index contributed by atoms with van der Waals surface area (Å²) in [6, 6.07) is 2.42. The zero-order chi connectivity index (χ0) is 15.7. The average molecular weight is 299 g/mol. The molecule has 0 aliphatic carbocycles. The van der Waals surface area contributed by atoms with Crippen molar-refractivity contribution in [3.05, 3.63) is 23.3 Å². The van der Waals surface area contributed by atoms with Crippen LogP contribution >= 0.6 is 0 Å². The lowest BCUT2D eigenvalue weighted by Crippen LogP contribution is -2.44. The molecule has 6 nitrogen and oxygen atoms in total. The molecule has 0 spiro atoms. The Kier molecular flexibility index (Phi) is 4.77. The molecule has 1 rings (SSSR count). The Bertz CT molecular complexity index is 624. The van der Waals surface area contributed by atoms with Crippen LogP contribution < -0.4 is 10.5 Å². The maximum atomic E-state index is 12.4. The molecule has 1 aromatic carbocycles. The molecule has 0 aliphatic rings. The third kappa shape index (κ3) is 3.49. The van der Waals surface area contributed by atoms with Crippen LogP contribution in [0.15, 0.2) is 17.0 Å². The second kappa shape index (κ2) is 5.80. The number of carbonyl (C=O) groups is 1. The molecule has 20 heavy (non-hydrogen) atoms. The number of sulfonamides is 1. The first-order valence-electron chi connectivity index (χ1n) is 6.16. The second-order valence-electron chi connectivity index (χ2n) is 5.05. The zero-order valence-corrected chi connectivity index (χ0v) is 13.2. The van der Waals surface area contributed by atoms with Crippen molar-refractivity contribution in [2.45, 2.75) is 31.7 Å². The highest BCUT2D eigenvalue weighted by Crippen LogP contribution is 2.23. The van der Waals surface area contributed by atoms with Crippen molar-refractivity contribution >= 4 is 21.6 Å². The van der Waals surface area contributed by atoms with Gasteiger partial charge in [-0.1, -0.05) is 0 Å². The summed E-state index contributed by atoms with van der Waals surface area (Å²) in [5, 5.41) is 0. The highest BCUT2D eigenvalue weighted by molar-refractivity contribution is 7.89. The van der Waals surface area contributed by atoms with Gasteiger partial charge in [-0.25, -0.2) is 8.42 Å². The van der Waals surface area contributed by atoms with Crippen LogP contribution in [0.1, 0.15) is 18.1 Å². The minimum atomic E-state index is -3.79. The number of hydrogen-bond acceptors (Lipinski definition) is 4. The van der Waals surface area contributed by atoms with Gasteiger partial charge in [0.1, 0.15) is 0 Å². The van der Waals surface area contributed by atoms with E-state index in [-0.39, 0.29) is 10.8 Å². The molecule has 7 heteroatoms. The van der Waals surface area contributed by atoms with Crippen LogP contribution in [0.5, 0.6) is 0 Å². The number of aryl methyl sites for hydroxylation is 1. The van der Waals surface area contributed by atoms with E-state index in [1.54, 1.807) is 40.1 Å². The normalized spacial score (nSPS) is 13.1. The molecule has 0 radical (unpaired) electrons. The van der Waals surface area contributed by atoms with Crippen molar-refractivity contribution in [3.63, 3.8) is 0 Å². The molecule has 112 valence electrons. The molecule has 3 N–H and O–H groups in total. The quantitative estimate of drug-likeness (QED) is 0.798. The number of nitrogens with two attached hydrogens (primary N) is 1. The third-order valence-corrected chi connectivity index (χ3v) is 4.64. The Labute approximate surface area is 120 Å². The van der Waals surface area contributed by atoms with Crippen molar-refractivity contribution < 1.29 is 13.2 Å². The summed E-state index contributed by atoms with van der Waals surface area (Å²) in [4.78, 5) is 13.2. The van der Waals surface area contributed by atoms with Gasteiger partial charge in [0.15, 0.2) is 0 Å². The lowest BCUT2D eigenvalue weighted by molar-refractivity contribution is -0.130. The van der Waals surface area contributed by atoms with E-state index in [9.17, 15) is 13.2 Å². The van der Waals surface area contributed by atoms with Gasteiger partial charge in [-0.15, -0.1) is 0 Å². The number of nitrogen functional groups attached to an aromatic ring is 1. The van der Waals surface area contributed by atoms with Crippen molar-refractivity contribution in [2.75, 3.05) is 19.8 Å². The summed E-state index contributed by atoms with van der Waals surface area (Å²) in [5.41, 5.74) is 7.43. The van der Waals surface area contributed by atoms with E-state index >= 15 is 0 Å². The number of benzene rings is 1. The first-order valence-corrected chi connectivity index (χ1v) is 7.64. The number of hydrogen-bond donors (Lipinski definition) is 2. The van der Waals surface area contributed by atoms with E-state index < -0.39 is 16.1 Å². The van der Waals surface area contributed by atoms with Crippen LogP contribution in [0.2, 0.25) is 0 Å². The average Bonchev–Trinajstić information content (AvgIpc) is 2.31. The highest BCUT2D eigenvalue weighted by Gasteiger charge is 2.25. The topological polar surface area (TPSA) is 92.5 Å². The molecular weight excluding hydrogens is 278 g/mol. The van der Waals surface area contributed by atoms with Gasteiger partial charge in [0.25, 0.3) is 0 Å². The summed E-state index contributed by atoms with van der Waals surface area (Å²) in [5.74, 6) is -0.313. The van der Waals surface area contributed by atoms with Crippen molar-refractivity contribution in [1.29, 1.82) is 0 Å². The minimum absolute atomic E-state index is 0.105. The molecule has 1 atom stereocenters. The number of rotatable bonds is 4. The van der Waals surface area contributed by atoms with Gasteiger partial charge in [-0.05, 0) is 44.0 Å². The number of anilines is 1. The molecule has 0 aromatic heterocycles. The molecule has 0 aliphatic heterocycles. The Hall–Kier alpha value is -1.60. The summed E-state index contributed by atoms with van der Waals surface area (Å²) in [6.07, 6.45) is 0. The van der Waals surface area contributed by atoms with Crippen LogP contribution in [0.4, 0.5) is 5.69 Å². The largest absolute Gasteiger partial charge is 0.398 e. The zero-order valence-electron chi connectivity index (χ0n) is 12.4. The predicted octanol–water partition coefficient (Wildman–Crippen LogP) is 0.641. The first kappa shape index (κ1) is 16.5. The van der Waals surface area contributed by atoms with Gasteiger partial charge < -0.3 is 10.6 Å². The molecule has 0 saturated carbocycles. The van der Waals surface area contributed by atoms with Crippen LogP contribution in [-0.4, -0.2) is 39.4 Å². The molecule has 0 bridgehead atoms. The Morgan fingerprint density at radius 3 is 2.35 bits per heavy atom. The van der Waals surface area contributed by atoms with Gasteiger partial charge in [0.2, 0.25) is 15.9 Å². The number of carbonyl (C=O) groups excluding carboxylic acids is 1. The van der Waals surface area contributed by atoms with E-state index in [4.69, 9.17) is 5.73 Å². The number of nitrogens with one attached hydrogen (secondary N) is 1. The fourth-order valence-corrected chi connectivity index (χ4v) is 3.42. The van der Waals surface area contributed by atoms with Crippen LogP contribution in [-0.2, 0) is 14.8 Å². The summed E-state index contributed by atoms with van der Waals surface area (Å²) >= 11 is 0. The van der Waals surface area contributed by atoms with Crippen LogP contribution in [0.25, 0.3) is 0 Å². The van der Waals surface area contributed by atoms with Gasteiger partial charge in [0.05, 0.1) is 10.9 Å². The molecule has 1 aromatic rings. The van der Waals surface area contributed by atoms with E-state index in [1.807, 2.05) is 0 Å². The van der Waals surface area contributed by atoms with Crippen LogP contribution in [0, 0.1) is 13.8 Å². The lowest BCUT2D eigenvalue weighted by Gasteiger charge is -2.19. The SMILES string of the molecule is Cc1cc(N)c(C)c(S(=O)(=O)NC(C)C(=O)N(C)C)c1. The number of amides is 1. The third-order valence-electron chi connectivity index (χ3n) is 2.98. The predicted molar refractivity (Wildman–Crippen MR) is 78.8 cm³/mol. The number of likely N-dealkylation sites (N-methyl/N-ethyl adjacent to an activating group) is 1. The number of nitrogens with zero attached hydrogens (tertiary/aromatic N) is 1. The standard InChI is InChI=1S/C13H21N3O3S/c1-8-6-11(14)9(2)12(7-8)20(18,19)15-10(3)13(17)16(4)5/h6-7,10,15H,14H2,1-5H3. The van der Waals surface area contributed by atoms with Gasteiger partial charge in [-0.3, -0.25) is 4.79 Å². The van der Waals surface area contributed by atoms with E-state index in [0.29, 0.717) is 11.3 Å². The van der Waals surface area contributed by atoms with Gasteiger partial charge in [-0.2, -0.15) is 4.72 Å². The molecule has 1 amide bonds. The van der Waals surface area contributed by atoms with Crippen molar-refractivity contribution in [3.8, 4) is 0 Å². The van der Waals surface area contributed by atoms with Gasteiger partial charge in [0, 0.05) is 19.8 Å². The Morgan fingerprint density at radius 2 is 1.85 bits per heavy atom. The molecular formula is C13H21N3O3S. The first-order chi connectivity index (χ1) is 9.06. The van der Waals surface area contributed by atoms with Gasteiger partial charge >= 0.3 is 0 Å². The maximum absolute atomic E-state index is 12.4. The maximum Gasteiger partial charge on any atom is 0.241 e. The monoisotopic (exact) mass is 299 g/mol. The lowest BCUT2D eigenvalue weighted by atomic mass is 10.1.